The Morgan fingerprint density at radius 1 is 1.14 bits per heavy atom. The predicted molar refractivity (Wildman–Crippen MR) is 89.7 cm³/mol. The molecule has 1 aromatic carbocycles. The van der Waals surface area contributed by atoms with Crippen LogP contribution in [0.2, 0.25) is 0 Å². The molecule has 0 amide bonds. The normalized spacial score (nSPS) is 13.0. The lowest BCUT2D eigenvalue weighted by Gasteiger charge is -2.13. The van der Waals surface area contributed by atoms with E-state index in [2.05, 4.69) is 22.5 Å². The zero-order valence-corrected chi connectivity index (χ0v) is 13.3. The monoisotopic (exact) mass is 291 g/mol. The van der Waals surface area contributed by atoms with Crippen LogP contribution in [-0.4, -0.2) is 36.8 Å². The topological polar surface area (TPSA) is 56.7 Å². The Hall–Kier alpha value is -1.55. The van der Waals surface area contributed by atoms with Gasteiger partial charge in [-0.15, -0.1) is 0 Å². The second-order valence-corrected chi connectivity index (χ2v) is 5.20. The first-order valence-corrected chi connectivity index (χ1v) is 8.00. The third-order valence-electron chi connectivity index (χ3n) is 3.19. The van der Waals surface area contributed by atoms with Crippen LogP contribution >= 0.6 is 0 Å². The molecule has 0 fully saturated rings. The van der Waals surface area contributed by atoms with Gasteiger partial charge in [0.15, 0.2) is 5.96 Å². The summed E-state index contributed by atoms with van der Waals surface area (Å²) in [7, 11) is 0. The van der Waals surface area contributed by atoms with Crippen molar-refractivity contribution in [3.8, 4) is 0 Å². The molecule has 21 heavy (non-hydrogen) atoms. The molecular weight excluding hydrogens is 262 g/mol. The quantitative estimate of drug-likeness (QED) is 0.372. The molecule has 0 aliphatic carbocycles. The first kappa shape index (κ1) is 17.5. The summed E-state index contributed by atoms with van der Waals surface area (Å²) in [4.78, 5) is 4.45. The van der Waals surface area contributed by atoms with Gasteiger partial charge >= 0.3 is 0 Å². The van der Waals surface area contributed by atoms with Gasteiger partial charge in [0.25, 0.3) is 0 Å². The summed E-state index contributed by atoms with van der Waals surface area (Å²) in [6.07, 6.45) is 3.78. The average Bonchev–Trinajstić information content (AvgIpc) is 2.50. The number of aliphatic hydroxyl groups excluding tert-OH is 1. The average molecular weight is 291 g/mol. The molecule has 0 aromatic heterocycles. The van der Waals surface area contributed by atoms with Gasteiger partial charge in [-0.25, -0.2) is 0 Å². The molecule has 4 heteroatoms. The highest BCUT2D eigenvalue weighted by Crippen LogP contribution is 2.03. The SMILES string of the molecule is CCCCCNC(=NCC(O)Cc1ccccc1)NCC. The van der Waals surface area contributed by atoms with Crippen LogP contribution in [0, 0.1) is 0 Å². The molecule has 0 saturated heterocycles. The molecule has 0 bridgehead atoms. The Morgan fingerprint density at radius 3 is 2.57 bits per heavy atom. The minimum Gasteiger partial charge on any atom is -0.391 e. The number of nitrogens with one attached hydrogen (secondary N) is 2. The van der Waals surface area contributed by atoms with Crippen LogP contribution in [0.3, 0.4) is 0 Å². The fourth-order valence-corrected chi connectivity index (χ4v) is 2.07. The van der Waals surface area contributed by atoms with Crippen molar-refractivity contribution in [2.24, 2.45) is 4.99 Å². The highest BCUT2D eigenvalue weighted by atomic mass is 16.3. The molecule has 1 aromatic rings. The fourth-order valence-electron chi connectivity index (χ4n) is 2.07. The Morgan fingerprint density at radius 2 is 1.90 bits per heavy atom. The number of hydrogen-bond acceptors (Lipinski definition) is 2. The van der Waals surface area contributed by atoms with E-state index in [4.69, 9.17) is 0 Å². The Kier molecular flexibility index (Phi) is 9.29. The molecule has 0 saturated carbocycles. The van der Waals surface area contributed by atoms with E-state index in [0.29, 0.717) is 13.0 Å². The van der Waals surface area contributed by atoms with Crippen molar-refractivity contribution in [2.75, 3.05) is 19.6 Å². The van der Waals surface area contributed by atoms with Crippen molar-refractivity contribution < 1.29 is 5.11 Å². The van der Waals surface area contributed by atoms with Gasteiger partial charge < -0.3 is 15.7 Å². The van der Waals surface area contributed by atoms with Crippen LogP contribution in [0.25, 0.3) is 0 Å². The molecular formula is C17H29N3O. The van der Waals surface area contributed by atoms with Crippen molar-refractivity contribution in [2.45, 2.75) is 45.6 Å². The molecule has 118 valence electrons. The minimum atomic E-state index is -0.446. The maximum Gasteiger partial charge on any atom is 0.191 e. The third kappa shape index (κ3) is 8.35. The molecule has 1 unspecified atom stereocenters. The summed E-state index contributed by atoms with van der Waals surface area (Å²) in [5.41, 5.74) is 1.14. The summed E-state index contributed by atoms with van der Waals surface area (Å²) in [5, 5.41) is 16.6. The molecule has 4 nitrogen and oxygen atoms in total. The van der Waals surface area contributed by atoms with Crippen LogP contribution in [-0.2, 0) is 6.42 Å². The van der Waals surface area contributed by atoms with E-state index in [9.17, 15) is 5.11 Å². The van der Waals surface area contributed by atoms with E-state index in [0.717, 1.165) is 31.0 Å². The summed E-state index contributed by atoms with van der Waals surface area (Å²) in [6, 6.07) is 10.0. The van der Waals surface area contributed by atoms with E-state index >= 15 is 0 Å². The number of unbranched alkanes of at least 4 members (excludes halogenated alkanes) is 2. The number of aliphatic hydroxyl groups is 1. The summed E-state index contributed by atoms with van der Waals surface area (Å²) < 4.78 is 0. The number of nitrogens with zero attached hydrogens (tertiary/aromatic N) is 1. The van der Waals surface area contributed by atoms with Gasteiger partial charge in [0.1, 0.15) is 0 Å². The number of aliphatic imine (C=N–C) groups is 1. The van der Waals surface area contributed by atoms with Crippen LogP contribution in [0.4, 0.5) is 0 Å². The van der Waals surface area contributed by atoms with Gasteiger partial charge in [0.2, 0.25) is 0 Å². The second kappa shape index (κ2) is 11.1. The molecule has 1 rings (SSSR count). The van der Waals surface area contributed by atoms with E-state index in [1.54, 1.807) is 0 Å². The molecule has 0 radical (unpaired) electrons. The number of guanidine groups is 1. The zero-order valence-electron chi connectivity index (χ0n) is 13.3. The molecule has 0 aliphatic rings. The number of hydrogen-bond donors (Lipinski definition) is 3. The molecule has 0 aliphatic heterocycles. The van der Waals surface area contributed by atoms with Crippen molar-refractivity contribution in [1.82, 2.24) is 10.6 Å². The van der Waals surface area contributed by atoms with Gasteiger partial charge in [-0.2, -0.15) is 0 Å². The smallest absolute Gasteiger partial charge is 0.191 e. The van der Waals surface area contributed by atoms with Crippen molar-refractivity contribution in [1.29, 1.82) is 0 Å². The number of rotatable bonds is 9. The molecule has 0 heterocycles. The number of benzene rings is 1. The van der Waals surface area contributed by atoms with Crippen molar-refractivity contribution in [3.05, 3.63) is 35.9 Å². The van der Waals surface area contributed by atoms with Gasteiger partial charge in [-0.1, -0.05) is 50.1 Å². The van der Waals surface area contributed by atoms with Crippen LogP contribution in [0.1, 0.15) is 38.7 Å². The Balaban J connectivity index is 2.37. The molecule has 3 N–H and O–H groups in total. The lowest BCUT2D eigenvalue weighted by atomic mass is 10.1. The first-order chi connectivity index (χ1) is 10.3. The van der Waals surface area contributed by atoms with Crippen LogP contribution < -0.4 is 10.6 Å². The standard InChI is InChI=1S/C17H29N3O/c1-3-5-9-12-19-17(18-4-2)20-14-16(21)13-15-10-7-6-8-11-15/h6-8,10-11,16,21H,3-5,9,12-14H2,1-2H3,(H2,18,19,20). The second-order valence-electron chi connectivity index (χ2n) is 5.20. The maximum atomic E-state index is 10.1. The molecule has 0 spiro atoms. The zero-order chi connectivity index (χ0) is 15.3. The lowest BCUT2D eigenvalue weighted by molar-refractivity contribution is 0.183. The summed E-state index contributed by atoms with van der Waals surface area (Å²) in [6.45, 7) is 6.41. The molecule has 1 atom stereocenters. The van der Waals surface area contributed by atoms with Gasteiger partial charge in [0, 0.05) is 19.5 Å². The van der Waals surface area contributed by atoms with E-state index in [-0.39, 0.29) is 0 Å². The van der Waals surface area contributed by atoms with E-state index in [1.807, 2.05) is 37.3 Å². The summed E-state index contributed by atoms with van der Waals surface area (Å²) >= 11 is 0. The minimum absolute atomic E-state index is 0.415. The highest BCUT2D eigenvalue weighted by Gasteiger charge is 2.05. The lowest BCUT2D eigenvalue weighted by Crippen LogP contribution is -2.38. The van der Waals surface area contributed by atoms with Gasteiger partial charge in [-0.3, -0.25) is 4.99 Å². The first-order valence-electron chi connectivity index (χ1n) is 8.00. The predicted octanol–water partition coefficient (Wildman–Crippen LogP) is 2.34. The third-order valence-corrected chi connectivity index (χ3v) is 3.19. The highest BCUT2D eigenvalue weighted by molar-refractivity contribution is 5.79. The van der Waals surface area contributed by atoms with Gasteiger partial charge in [0.05, 0.1) is 12.6 Å². The Bertz CT molecular complexity index is 392. The largest absolute Gasteiger partial charge is 0.391 e. The fraction of sp³-hybridized carbons (Fsp3) is 0.588. The maximum absolute atomic E-state index is 10.1. The summed E-state index contributed by atoms with van der Waals surface area (Å²) in [5.74, 6) is 0.792. The van der Waals surface area contributed by atoms with Crippen molar-refractivity contribution in [3.63, 3.8) is 0 Å². The van der Waals surface area contributed by atoms with Gasteiger partial charge in [-0.05, 0) is 18.9 Å². The van der Waals surface area contributed by atoms with E-state index in [1.165, 1.54) is 12.8 Å². The van der Waals surface area contributed by atoms with Crippen LogP contribution in [0.5, 0.6) is 0 Å². The Labute approximate surface area is 128 Å². The van der Waals surface area contributed by atoms with E-state index < -0.39 is 6.10 Å². The van der Waals surface area contributed by atoms with Crippen LogP contribution in [0.15, 0.2) is 35.3 Å². The van der Waals surface area contributed by atoms with Crippen molar-refractivity contribution >= 4 is 5.96 Å².